The van der Waals surface area contributed by atoms with Crippen LogP contribution in [0.2, 0.25) is 0 Å². The molecule has 1 N–H and O–H groups in total. The molecular formula is C23H34O3. The Bertz CT molecular complexity index is 675. The first-order valence-electron chi connectivity index (χ1n) is 10.5. The molecule has 0 unspecified atom stereocenters. The van der Waals surface area contributed by atoms with Gasteiger partial charge in [-0.05, 0) is 79.6 Å². The topological polar surface area (TPSA) is 54.4 Å². The van der Waals surface area contributed by atoms with Crippen LogP contribution in [0.4, 0.5) is 0 Å². The second-order valence-corrected chi connectivity index (χ2v) is 10.7. The van der Waals surface area contributed by atoms with E-state index in [4.69, 9.17) is 0 Å². The van der Waals surface area contributed by atoms with Gasteiger partial charge in [-0.25, -0.2) is 0 Å². The molecule has 4 aliphatic rings. The van der Waals surface area contributed by atoms with Crippen LogP contribution in [0.3, 0.4) is 0 Å². The molecule has 0 amide bonds. The Morgan fingerprint density at radius 3 is 2.54 bits per heavy atom. The molecule has 3 saturated carbocycles. The predicted octanol–water partition coefficient (Wildman–Crippen LogP) is 4.33. The average molecular weight is 359 g/mol. The number of allylic oxidation sites excluding steroid dienone is 1. The minimum Gasteiger partial charge on any atom is -0.389 e. The lowest BCUT2D eigenvalue weighted by Gasteiger charge is -2.59. The Balaban J connectivity index is 1.67. The van der Waals surface area contributed by atoms with E-state index >= 15 is 0 Å². The van der Waals surface area contributed by atoms with Crippen LogP contribution in [-0.2, 0) is 9.59 Å². The Hall–Kier alpha value is -0.960. The summed E-state index contributed by atoms with van der Waals surface area (Å²) in [4.78, 5) is 24.9. The van der Waals surface area contributed by atoms with E-state index in [0.29, 0.717) is 23.5 Å². The van der Waals surface area contributed by atoms with Crippen LogP contribution in [0, 0.1) is 39.9 Å². The van der Waals surface area contributed by atoms with Crippen molar-refractivity contribution < 1.29 is 14.7 Å². The molecule has 0 saturated heterocycles. The number of ketones is 2. The van der Waals surface area contributed by atoms with E-state index in [0.717, 1.165) is 38.5 Å². The van der Waals surface area contributed by atoms with Crippen molar-refractivity contribution in [2.75, 3.05) is 6.61 Å². The van der Waals surface area contributed by atoms with E-state index < -0.39 is 0 Å². The molecule has 0 aromatic rings. The lowest BCUT2D eigenvalue weighted by molar-refractivity contribution is -0.135. The zero-order valence-corrected chi connectivity index (χ0v) is 16.8. The van der Waals surface area contributed by atoms with Crippen molar-refractivity contribution >= 4 is 11.6 Å². The molecule has 6 atom stereocenters. The molecule has 0 aromatic heterocycles. The first-order valence-corrected chi connectivity index (χ1v) is 10.5. The molecular weight excluding hydrogens is 324 g/mol. The van der Waals surface area contributed by atoms with Gasteiger partial charge in [0.1, 0.15) is 6.61 Å². The zero-order chi connectivity index (χ0) is 18.9. The highest BCUT2D eigenvalue weighted by Crippen LogP contribution is 2.67. The van der Waals surface area contributed by atoms with Gasteiger partial charge < -0.3 is 5.11 Å². The maximum atomic E-state index is 12.5. The van der Waals surface area contributed by atoms with Gasteiger partial charge in [0.15, 0.2) is 11.6 Å². The van der Waals surface area contributed by atoms with Gasteiger partial charge >= 0.3 is 0 Å². The Labute approximate surface area is 157 Å². The van der Waals surface area contributed by atoms with Crippen LogP contribution in [0.25, 0.3) is 0 Å². The summed E-state index contributed by atoms with van der Waals surface area (Å²) in [5.41, 5.74) is 1.35. The van der Waals surface area contributed by atoms with Gasteiger partial charge in [0.25, 0.3) is 0 Å². The monoisotopic (exact) mass is 358 g/mol. The maximum absolute atomic E-state index is 12.5. The van der Waals surface area contributed by atoms with E-state index in [1.807, 2.05) is 6.08 Å². The molecule has 0 aliphatic heterocycles. The first kappa shape index (κ1) is 18.4. The molecule has 144 valence electrons. The third kappa shape index (κ3) is 2.35. The van der Waals surface area contributed by atoms with Crippen molar-refractivity contribution in [1.82, 2.24) is 0 Å². The Kier molecular flexibility index (Phi) is 4.08. The lowest BCUT2D eigenvalue weighted by Crippen LogP contribution is -2.53. The zero-order valence-electron chi connectivity index (χ0n) is 16.8. The Morgan fingerprint density at radius 2 is 1.85 bits per heavy atom. The number of fused-ring (bicyclic) bond motifs is 5. The number of Topliss-reactive ketones (excluding diaryl/α,β-unsaturated/α-hetero) is 1. The van der Waals surface area contributed by atoms with Gasteiger partial charge in [-0.15, -0.1) is 0 Å². The number of hydrogen-bond donors (Lipinski definition) is 1. The van der Waals surface area contributed by atoms with Gasteiger partial charge in [-0.3, -0.25) is 9.59 Å². The van der Waals surface area contributed by atoms with E-state index in [-0.39, 0.29) is 34.6 Å². The number of aliphatic hydroxyl groups excluding tert-OH is 1. The van der Waals surface area contributed by atoms with Crippen LogP contribution in [0.15, 0.2) is 11.6 Å². The smallest absolute Gasteiger partial charge is 0.161 e. The van der Waals surface area contributed by atoms with Crippen molar-refractivity contribution in [1.29, 1.82) is 0 Å². The molecule has 4 rings (SSSR count). The summed E-state index contributed by atoms with van der Waals surface area (Å²) in [5.74, 6) is 2.31. The molecule has 4 aliphatic carbocycles. The molecule has 26 heavy (non-hydrogen) atoms. The van der Waals surface area contributed by atoms with Gasteiger partial charge in [0.05, 0.1) is 0 Å². The highest BCUT2D eigenvalue weighted by atomic mass is 16.3. The van der Waals surface area contributed by atoms with E-state index in [1.54, 1.807) is 0 Å². The summed E-state index contributed by atoms with van der Waals surface area (Å²) in [6.45, 7) is 8.65. The van der Waals surface area contributed by atoms with Gasteiger partial charge in [0, 0.05) is 11.3 Å². The quantitative estimate of drug-likeness (QED) is 0.799. The van der Waals surface area contributed by atoms with Crippen LogP contribution < -0.4 is 0 Å². The van der Waals surface area contributed by atoms with E-state index in [2.05, 4.69) is 27.7 Å². The second kappa shape index (κ2) is 5.77. The van der Waals surface area contributed by atoms with Crippen molar-refractivity contribution in [3.63, 3.8) is 0 Å². The van der Waals surface area contributed by atoms with Crippen molar-refractivity contribution in [3.05, 3.63) is 11.6 Å². The molecule has 3 heteroatoms. The van der Waals surface area contributed by atoms with Crippen LogP contribution >= 0.6 is 0 Å². The second-order valence-electron chi connectivity index (χ2n) is 10.7. The summed E-state index contributed by atoms with van der Waals surface area (Å²) in [6.07, 6.45) is 9.50. The number of carbonyl (C=O) groups is 2. The van der Waals surface area contributed by atoms with E-state index in [1.165, 1.54) is 12.0 Å². The fourth-order valence-electron chi connectivity index (χ4n) is 7.81. The molecule has 0 radical (unpaired) electrons. The normalized spacial score (nSPS) is 46.8. The summed E-state index contributed by atoms with van der Waals surface area (Å²) in [5, 5.41) is 9.42. The molecule has 0 bridgehead atoms. The highest BCUT2D eigenvalue weighted by Gasteiger charge is 2.61. The molecule has 3 nitrogen and oxygen atoms in total. The molecule has 0 aromatic carbocycles. The van der Waals surface area contributed by atoms with Gasteiger partial charge in [0.2, 0.25) is 0 Å². The summed E-state index contributed by atoms with van der Waals surface area (Å²) in [6, 6.07) is 0. The molecule has 0 spiro atoms. The summed E-state index contributed by atoms with van der Waals surface area (Å²) in [7, 11) is 0. The number of rotatable bonds is 2. The van der Waals surface area contributed by atoms with E-state index in [9.17, 15) is 14.7 Å². The van der Waals surface area contributed by atoms with Gasteiger partial charge in [-0.2, -0.15) is 0 Å². The molecule has 3 fully saturated rings. The molecule has 0 heterocycles. The number of carbonyl (C=O) groups excluding carboxylic acids is 2. The fourth-order valence-corrected chi connectivity index (χ4v) is 7.81. The SMILES string of the molecule is CC1(C)C[C@@]2(C)C(=CC1=O)CC[C@H]1[C@@H]3CC[C@H](C(=O)CO)[C@@]3(C)CC[C@@H]12. The predicted molar refractivity (Wildman–Crippen MR) is 101 cm³/mol. The van der Waals surface area contributed by atoms with Crippen LogP contribution in [0.1, 0.15) is 72.6 Å². The third-order valence-electron chi connectivity index (χ3n) is 9.06. The van der Waals surface area contributed by atoms with Gasteiger partial charge in [-0.1, -0.05) is 33.3 Å². The summed E-state index contributed by atoms with van der Waals surface area (Å²) >= 11 is 0. The van der Waals surface area contributed by atoms with Crippen molar-refractivity contribution in [2.24, 2.45) is 39.9 Å². The van der Waals surface area contributed by atoms with Crippen molar-refractivity contribution in [2.45, 2.75) is 72.6 Å². The number of hydrogen-bond acceptors (Lipinski definition) is 3. The summed E-state index contributed by atoms with van der Waals surface area (Å²) < 4.78 is 0. The fraction of sp³-hybridized carbons (Fsp3) is 0.826. The van der Waals surface area contributed by atoms with Crippen LogP contribution in [-0.4, -0.2) is 23.3 Å². The minimum atomic E-state index is -0.304. The number of aliphatic hydroxyl groups is 1. The average Bonchev–Trinajstić information content (AvgIpc) is 2.92. The first-order chi connectivity index (χ1) is 12.1. The third-order valence-corrected chi connectivity index (χ3v) is 9.06. The highest BCUT2D eigenvalue weighted by molar-refractivity contribution is 5.96. The minimum absolute atomic E-state index is 0.0487. The maximum Gasteiger partial charge on any atom is 0.161 e. The standard InChI is InChI=1S/C23H34O3/c1-21(2)13-23(4)14(11-20(21)26)5-6-15-16-7-8-18(19(25)12-24)22(16,3)10-9-17(15)23/h11,15-18,24H,5-10,12-13H2,1-4H3/t15-,16-,17-,18+,22-,23-/m0/s1. The van der Waals surface area contributed by atoms with Crippen LogP contribution in [0.5, 0.6) is 0 Å². The van der Waals surface area contributed by atoms with Crippen molar-refractivity contribution in [3.8, 4) is 0 Å². The Morgan fingerprint density at radius 1 is 1.12 bits per heavy atom. The lowest BCUT2D eigenvalue weighted by atomic mass is 9.45. The largest absolute Gasteiger partial charge is 0.389 e.